The van der Waals surface area contributed by atoms with E-state index in [1.807, 2.05) is 19.1 Å². The summed E-state index contributed by atoms with van der Waals surface area (Å²) in [4.78, 5) is 0.207. The van der Waals surface area contributed by atoms with Gasteiger partial charge in [0.25, 0.3) is 0 Å². The number of halogens is 1. The van der Waals surface area contributed by atoms with Crippen molar-refractivity contribution in [2.75, 3.05) is 17.2 Å². The molecule has 0 aliphatic carbocycles. The molecule has 0 unspecified atom stereocenters. The Hall–Kier alpha value is -1.67. The number of thiocarbonyl (C=S) groups is 1. The third-order valence-electron chi connectivity index (χ3n) is 3.19. The van der Waals surface area contributed by atoms with Gasteiger partial charge in [-0.15, -0.1) is 0 Å². The topological polar surface area (TPSA) is 70.2 Å². The highest BCUT2D eigenvalue weighted by molar-refractivity contribution is 7.89. The van der Waals surface area contributed by atoms with E-state index in [0.717, 1.165) is 11.3 Å². The van der Waals surface area contributed by atoms with Crippen LogP contribution in [0.25, 0.3) is 0 Å². The van der Waals surface area contributed by atoms with Crippen molar-refractivity contribution in [2.24, 2.45) is 0 Å². The Morgan fingerprint density at radius 3 is 2.25 bits per heavy atom. The molecule has 2 aromatic carbocycles. The molecule has 8 heteroatoms. The number of aryl methyl sites for hydroxylation is 1. The highest BCUT2D eigenvalue weighted by Gasteiger charge is 2.12. The van der Waals surface area contributed by atoms with Crippen LogP contribution in [0.1, 0.15) is 12.5 Å². The maximum atomic E-state index is 11.9. The molecular weight excluding hydrogens is 366 g/mol. The average molecular weight is 384 g/mol. The minimum Gasteiger partial charge on any atom is -0.332 e. The lowest BCUT2D eigenvalue weighted by molar-refractivity contribution is 0.584. The zero-order valence-corrected chi connectivity index (χ0v) is 15.6. The molecule has 0 saturated carbocycles. The van der Waals surface area contributed by atoms with Gasteiger partial charge in [-0.1, -0.05) is 24.6 Å². The van der Waals surface area contributed by atoms with Crippen LogP contribution in [0.2, 0.25) is 5.02 Å². The summed E-state index contributed by atoms with van der Waals surface area (Å²) >= 11 is 11.3. The van der Waals surface area contributed by atoms with Gasteiger partial charge in [-0.05, 0) is 61.1 Å². The summed E-state index contributed by atoms with van der Waals surface area (Å²) in [5.74, 6) is 0. The molecule has 0 aliphatic heterocycles. The fraction of sp³-hybridized carbons (Fsp3) is 0.188. The third-order valence-corrected chi connectivity index (χ3v) is 5.36. The molecule has 0 radical (unpaired) electrons. The van der Waals surface area contributed by atoms with Gasteiger partial charge in [0.05, 0.1) is 4.90 Å². The molecule has 0 aliphatic rings. The standard InChI is InChI=1S/C16H18ClN3O2S2/c1-3-18-24(21,22)14-8-6-12(7-9-14)19-16(23)20-13-5-4-11(2)15(17)10-13/h4-10,18H,3H2,1-2H3,(H2,19,20,23). The zero-order valence-electron chi connectivity index (χ0n) is 13.3. The van der Waals surface area contributed by atoms with Crippen LogP contribution < -0.4 is 15.4 Å². The van der Waals surface area contributed by atoms with E-state index in [-0.39, 0.29) is 4.90 Å². The van der Waals surface area contributed by atoms with Crippen LogP contribution >= 0.6 is 23.8 Å². The summed E-state index contributed by atoms with van der Waals surface area (Å²) in [6, 6.07) is 11.9. The van der Waals surface area contributed by atoms with E-state index in [1.165, 1.54) is 12.1 Å². The largest absolute Gasteiger partial charge is 0.332 e. The van der Waals surface area contributed by atoms with E-state index in [2.05, 4.69) is 15.4 Å². The Bertz CT molecular complexity index is 837. The number of hydrogen-bond acceptors (Lipinski definition) is 3. The smallest absolute Gasteiger partial charge is 0.240 e. The summed E-state index contributed by atoms with van der Waals surface area (Å²) in [6.07, 6.45) is 0. The van der Waals surface area contributed by atoms with Crippen molar-refractivity contribution in [2.45, 2.75) is 18.7 Å². The molecule has 0 heterocycles. The van der Waals surface area contributed by atoms with Crippen LogP contribution in [0.4, 0.5) is 11.4 Å². The Labute approximate surface area is 152 Å². The highest BCUT2D eigenvalue weighted by atomic mass is 35.5. The van der Waals surface area contributed by atoms with Gasteiger partial charge >= 0.3 is 0 Å². The first-order chi connectivity index (χ1) is 11.3. The molecule has 5 nitrogen and oxygen atoms in total. The van der Waals surface area contributed by atoms with Crippen LogP contribution in [-0.4, -0.2) is 20.1 Å². The van der Waals surface area contributed by atoms with Crippen LogP contribution in [-0.2, 0) is 10.0 Å². The van der Waals surface area contributed by atoms with Gasteiger partial charge in [-0.25, -0.2) is 13.1 Å². The minimum atomic E-state index is -3.45. The SMILES string of the molecule is CCNS(=O)(=O)c1ccc(NC(=S)Nc2ccc(C)c(Cl)c2)cc1. The van der Waals surface area contributed by atoms with Gasteiger partial charge in [-0.2, -0.15) is 0 Å². The van der Waals surface area contributed by atoms with E-state index < -0.39 is 10.0 Å². The van der Waals surface area contributed by atoms with E-state index in [9.17, 15) is 8.42 Å². The van der Waals surface area contributed by atoms with Crippen molar-refractivity contribution >= 4 is 50.3 Å². The van der Waals surface area contributed by atoms with Crippen molar-refractivity contribution in [3.8, 4) is 0 Å². The van der Waals surface area contributed by atoms with Gasteiger partial charge in [0.1, 0.15) is 0 Å². The van der Waals surface area contributed by atoms with Crippen LogP contribution in [0.3, 0.4) is 0 Å². The number of anilines is 2. The van der Waals surface area contributed by atoms with Gasteiger partial charge in [-0.3, -0.25) is 0 Å². The molecule has 2 rings (SSSR count). The molecule has 0 saturated heterocycles. The predicted octanol–water partition coefficient (Wildman–Crippen LogP) is 3.76. The second-order valence-corrected chi connectivity index (χ2v) is 7.65. The van der Waals surface area contributed by atoms with Crippen LogP contribution in [0.5, 0.6) is 0 Å². The molecule has 0 bridgehead atoms. The highest BCUT2D eigenvalue weighted by Crippen LogP contribution is 2.20. The van der Waals surface area contributed by atoms with Crippen molar-refractivity contribution in [3.05, 3.63) is 53.1 Å². The number of rotatable bonds is 5. The van der Waals surface area contributed by atoms with E-state index in [4.69, 9.17) is 23.8 Å². The molecule has 0 atom stereocenters. The molecule has 24 heavy (non-hydrogen) atoms. The lowest BCUT2D eigenvalue weighted by Gasteiger charge is -2.12. The Balaban J connectivity index is 2.03. The van der Waals surface area contributed by atoms with Gasteiger partial charge in [0, 0.05) is 22.9 Å². The predicted molar refractivity (Wildman–Crippen MR) is 103 cm³/mol. The molecule has 0 spiro atoms. The monoisotopic (exact) mass is 383 g/mol. The molecule has 0 aromatic heterocycles. The van der Waals surface area contributed by atoms with Crippen molar-refractivity contribution in [1.82, 2.24) is 4.72 Å². The number of hydrogen-bond donors (Lipinski definition) is 3. The van der Waals surface area contributed by atoms with Gasteiger partial charge < -0.3 is 10.6 Å². The zero-order chi connectivity index (χ0) is 17.7. The van der Waals surface area contributed by atoms with Crippen molar-refractivity contribution < 1.29 is 8.42 Å². The lowest BCUT2D eigenvalue weighted by Crippen LogP contribution is -2.23. The molecule has 0 amide bonds. The second kappa shape index (κ2) is 7.94. The number of sulfonamides is 1. The first kappa shape index (κ1) is 18.7. The Kier molecular flexibility index (Phi) is 6.17. The first-order valence-corrected chi connectivity index (χ1v) is 9.52. The molecule has 128 valence electrons. The molecule has 3 N–H and O–H groups in total. The average Bonchev–Trinajstić information content (AvgIpc) is 2.51. The van der Waals surface area contributed by atoms with Crippen LogP contribution in [0.15, 0.2) is 47.4 Å². The summed E-state index contributed by atoms with van der Waals surface area (Å²) in [6.45, 7) is 4.00. The van der Waals surface area contributed by atoms with E-state index >= 15 is 0 Å². The van der Waals surface area contributed by atoms with Gasteiger partial charge in [0.15, 0.2) is 5.11 Å². The molecule has 0 fully saturated rings. The number of benzene rings is 2. The quantitative estimate of drug-likeness (QED) is 0.686. The second-order valence-electron chi connectivity index (χ2n) is 5.07. The fourth-order valence-electron chi connectivity index (χ4n) is 1.95. The van der Waals surface area contributed by atoms with Crippen molar-refractivity contribution in [3.63, 3.8) is 0 Å². The lowest BCUT2D eigenvalue weighted by atomic mass is 10.2. The number of nitrogens with one attached hydrogen (secondary N) is 3. The summed E-state index contributed by atoms with van der Waals surface area (Å²) < 4.78 is 26.2. The van der Waals surface area contributed by atoms with E-state index in [1.54, 1.807) is 25.1 Å². The first-order valence-electron chi connectivity index (χ1n) is 7.25. The Morgan fingerprint density at radius 2 is 1.67 bits per heavy atom. The fourth-order valence-corrected chi connectivity index (χ4v) is 3.41. The maximum absolute atomic E-state index is 11.9. The molecule has 2 aromatic rings. The Morgan fingerprint density at radius 1 is 1.08 bits per heavy atom. The summed E-state index contributed by atoms with van der Waals surface area (Å²) in [7, 11) is -3.45. The maximum Gasteiger partial charge on any atom is 0.240 e. The van der Waals surface area contributed by atoms with Crippen LogP contribution in [0, 0.1) is 6.92 Å². The van der Waals surface area contributed by atoms with E-state index in [0.29, 0.717) is 22.4 Å². The summed E-state index contributed by atoms with van der Waals surface area (Å²) in [5.41, 5.74) is 2.44. The van der Waals surface area contributed by atoms with Crippen molar-refractivity contribution in [1.29, 1.82) is 0 Å². The minimum absolute atomic E-state index is 0.207. The molecular formula is C16H18ClN3O2S2. The summed E-state index contributed by atoms with van der Waals surface area (Å²) in [5, 5.41) is 7.07. The normalized spacial score (nSPS) is 11.1. The van der Waals surface area contributed by atoms with Gasteiger partial charge in [0.2, 0.25) is 10.0 Å². The third kappa shape index (κ3) is 4.91.